The van der Waals surface area contributed by atoms with Gasteiger partial charge < -0.3 is 4.74 Å². The third kappa shape index (κ3) is 3.39. The van der Waals surface area contributed by atoms with Crippen LogP contribution in [-0.4, -0.2) is 18.9 Å². The molecule has 0 aromatic rings. The zero-order valence-corrected chi connectivity index (χ0v) is 19.3. The minimum atomic E-state index is -0.0896. The van der Waals surface area contributed by atoms with Crippen LogP contribution >= 0.6 is 0 Å². The van der Waals surface area contributed by atoms with Crippen LogP contribution in [0.15, 0.2) is 0 Å². The third-order valence-electron chi connectivity index (χ3n) is 10.5. The van der Waals surface area contributed by atoms with Crippen LogP contribution in [0.4, 0.5) is 0 Å². The van der Waals surface area contributed by atoms with Crippen LogP contribution in [0, 0.1) is 52.3 Å². The van der Waals surface area contributed by atoms with Gasteiger partial charge in [0, 0.05) is 18.8 Å². The molecule has 4 saturated carbocycles. The lowest BCUT2D eigenvalue weighted by Crippen LogP contribution is -2.57. The smallest absolute Gasteiger partial charge is 0.305 e. The topological polar surface area (TPSA) is 43.4 Å². The summed E-state index contributed by atoms with van der Waals surface area (Å²) in [5.41, 5.74) is 0.665. The van der Waals surface area contributed by atoms with Gasteiger partial charge in [-0.3, -0.25) is 9.59 Å². The summed E-state index contributed by atoms with van der Waals surface area (Å²) < 4.78 is 4.87. The quantitative estimate of drug-likeness (QED) is 0.538. The van der Waals surface area contributed by atoms with E-state index in [2.05, 4.69) is 27.7 Å². The van der Waals surface area contributed by atoms with Gasteiger partial charge in [0.05, 0.1) is 7.11 Å². The van der Waals surface area contributed by atoms with Gasteiger partial charge in [-0.2, -0.15) is 0 Å². The molecule has 0 radical (unpaired) electrons. The van der Waals surface area contributed by atoms with Crippen LogP contribution in [0.25, 0.3) is 0 Å². The molecule has 3 nitrogen and oxygen atoms in total. The van der Waals surface area contributed by atoms with Crippen LogP contribution in [0.1, 0.15) is 91.9 Å². The Bertz CT molecular complexity index is 656. The number of carbonyl (C=O) groups excluding carboxylic acids is 2. The Morgan fingerprint density at radius 1 is 1.10 bits per heavy atom. The molecule has 0 amide bonds. The van der Waals surface area contributed by atoms with E-state index in [0.717, 1.165) is 18.8 Å². The second-order valence-corrected chi connectivity index (χ2v) is 11.8. The predicted molar refractivity (Wildman–Crippen MR) is 115 cm³/mol. The van der Waals surface area contributed by atoms with Gasteiger partial charge >= 0.3 is 5.97 Å². The number of ketones is 1. The average Bonchev–Trinajstić information content (AvgIpc) is 3.04. The lowest BCUT2D eigenvalue weighted by molar-refractivity contribution is -0.158. The van der Waals surface area contributed by atoms with Crippen LogP contribution in [-0.2, 0) is 14.3 Å². The van der Waals surface area contributed by atoms with Crippen molar-refractivity contribution < 1.29 is 14.3 Å². The highest BCUT2D eigenvalue weighted by molar-refractivity contribution is 5.83. The molecule has 4 rings (SSSR count). The standard InChI is InChI=1S/C26H42O3/c1-16-10-12-25(3)18(14-16)15-22(27)24-20-8-7-19(17(2)6-9-23(28)29-5)26(20,4)13-11-21(24)25/h16-21,24H,6-15H2,1-5H3/t16-,17-,18+,19?,20?,21?,24?,25+,26-/m1/s1. The number of hydrogen-bond acceptors (Lipinski definition) is 3. The Morgan fingerprint density at radius 2 is 1.79 bits per heavy atom. The maximum atomic E-state index is 13.5. The number of ether oxygens (including phenoxy) is 1. The Morgan fingerprint density at radius 3 is 2.52 bits per heavy atom. The van der Waals surface area contributed by atoms with Crippen LogP contribution in [0.3, 0.4) is 0 Å². The Labute approximate surface area is 177 Å². The number of hydrogen-bond donors (Lipinski definition) is 0. The summed E-state index contributed by atoms with van der Waals surface area (Å²) >= 11 is 0. The summed E-state index contributed by atoms with van der Waals surface area (Å²) in [6.07, 6.45) is 11.2. The fourth-order valence-electron chi connectivity index (χ4n) is 8.77. The fourth-order valence-corrected chi connectivity index (χ4v) is 8.77. The number of fused-ring (bicyclic) bond motifs is 5. The molecule has 0 spiro atoms. The van der Waals surface area contributed by atoms with Crippen molar-refractivity contribution in [3.05, 3.63) is 0 Å². The van der Waals surface area contributed by atoms with Crippen molar-refractivity contribution >= 4 is 11.8 Å². The van der Waals surface area contributed by atoms with Gasteiger partial charge in [-0.15, -0.1) is 0 Å². The SMILES string of the molecule is COC(=O)CC[C@@H](C)C1CCC2C3C(=O)C[C@@H]4C[C@H](C)CC[C@]4(C)C3CC[C@@]21C. The van der Waals surface area contributed by atoms with E-state index in [1.807, 2.05) is 0 Å². The molecule has 9 atom stereocenters. The molecule has 0 aliphatic heterocycles. The molecule has 4 aliphatic rings. The number of Topliss-reactive ketones (excluding diaryl/α,β-unsaturated/α-hetero) is 1. The van der Waals surface area contributed by atoms with Gasteiger partial charge in [0.25, 0.3) is 0 Å². The van der Waals surface area contributed by atoms with Crippen molar-refractivity contribution in [1.82, 2.24) is 0 Å². The summed E-state index contributed by atoms with van der Waals surface area (Å²) in [6, 6.07) is 0. The molecule has 4 unspecified atom stereocenters. The predicted octanol–water partition coefficient (Wildman–Crippen LogP) is 6.05. The van der Waals surface area contributed by atoms with Crippen molar-refractivity contribution in [2.24, 2.45) is 52.3 Å². The third-order valence-corrected chi connectivity index (χ3v) is 10.5. The van der Waals surface area contributed by atoms with Crippen molar-refractivity contribution in [2.45, 2.75) is 91.9 Å². The summed E-state index contributed by atoms with van der Waals surface area (Å²) in [4.78, 5) is 25.1. The molecule has 29 heavy (non-hydrogen) atoms. The molecule has 0 saturated heterocycles. The highest BCUT2D eigenvalue weighted by Crippen LogP contribution is 2.67. The van der Waals surface area contributed by atoms with Crippen molar-refractivity contribution in [3.63, 3.8) is 0 Å². The van der Waals surface area contributed by atoms with E-state index in [-0.39, 0.29) is 11.4 Å². The highest BCUT2D eigenvalue weighted by Gasteiger charge is 2.62. The first-order valence-corrected chi connectivity index (χ1v) is 12.3. The lowest BCUT2D eigenvalue weighted by atomic mass is 9.43. The Balaban J connectivity index is 1.53. The van der Waals surface area contributed by atoms with E-state index in [0.29, 0.717) is 53.1 Å². The fraction of sp³-hybridized carbons (Fsp3) is 0.923. The maximum absolute atomic E-state index is 13.5. The van der Waals surface area contributed by atoms with E-state index in [4.69, 9.17) is 4.74 Å². The Kier molecular flexibility index (Phi) is 5.66. The highest BCUT2D eigenvalue weighted by atomic mass is 16.5. The number of carbonyl (C=O) groups is 2. The Hall–Kier alpha value is -0.860. The van der Waals surface area contributed by atoms with E-state index < -0.39 is 0 Å². The van der Waals surface area contributed by atoms with Gasteiger partial charge in [0.15, 0.2) is 0 Å². The van der Waals surface area contributed by atoms with E-state index in [1.165, 1.54) is 52.1 Å². The molecular formula is C26H42O3. The van der Waals surface area contributed by atoms with Crippen LogP contribution < -0.4 is 0 Å². The molecule has 4 fully saturated rings. The van der Waals surface area contributed by atoms with E-state index in [1.54, 1.807) is 0 Å². The maximum Gasteiger partial charge on any atom is 0.305 e. The van der Waals surface area contributed by atoms with Crippen LogP contribution in [0.2, 0.25) is 0 Å². The first kappa shape index (κ1) is 21.4. The average molecular weight is 403 g/mol. The molecule has 4 aliphatic carbocycles. The van der Waals surface area contributed by atoms with Crippen molar-refractivity contribution in [3.8, 4) is 0 Å². The van der Waals surface area contributed by atoms with Gasteiger partial charge in [0.2, 0.25) is 0 Å². The number of methoxy groups -OCH3 is 1. The lowest BCUT2D eigenvalue weighted by Gasteiger charge is -2.60. The first-order valence-electron chi connectivity index (χ1n) is 12.3. The normalized spacial score (nSPS) is 47.7. The zero-order chi connectivity index (χ0) is 21.0. The minimum absolute atomic E-state index is 0.0896. The molecular weight excluding hydrogens is 360 g/mol. The monoisotopic (exact) mass is 402 g/mol. The molecule has 3 heteroatoms. The van der Waals surface area contributed by atoms with E-state index in [9.17, 15) is 9.59 Å². The largest absolute Gasteiger partial charge is 0.469 e. The zero-order valence-electron chi connectivity index (χ0n) is 19.3. The van der Waals surface area contributed by atoms with Crippen LogP contribution in [0.5, 0.6) is 0 Å². The molecule has 164 valence electrons. The molecule has 0 N–H and O–H groups in total. The van der Waals surface area contributed by atoms with Crippen molar-refractivity contribution in [2.75, 3.05) is 7.11 Å². The number of rotatable bonds is 4. The second-order valence-electron chi connectivity index (χ2n) is 11.8. The molecule has 0 aromatic carbocycles. The van der Waals surface area contributed by atoms with Gasteiger partial charge in [-0.1, -0.05) is 34.1 Å². The van der Waals surface area contributed by atoms with Crippen molar-refractivity contribution in [1.29, 1.82) is 0 Å². The molecule has 0 bridgehead atoms. The van der Waals surface area contributed by atoms with Gasteiger partial charge in [-0.25, -0.2) is 0 Å². The molecule has 0 aromatic heterocycles. The van der Waals surface area contributed by atoms with Gasteiger partial charge in [-0.05, 0) is 91.3 Å². The first-order chi connectivity index (χ1) is 13.7. The van der Waals surface area contributed by atoms with Gasteiger partial charge in [0.1, 0.15) is 5.78 Å². The molecule has 0 heterocycles. The summed E-state index contributed by atoms with van der Waals surface area (Å²) in [7, 11) is 1.48. The second kappa shape index (κ2) is 7.68. The minimum Gasteiger partial charge on any atom is -0.469 e. The summed E-state index contributed by atoms with van der Waals surface area (Å²) in [5.74, 6) is 4.58. The summed E-state index contributed by atoms with van der Waals surface area (Å²) in [6.45, 7) is 9.74. The van der Waals surface area contributed by atoms with E-state index >= 15 is 0 Å². The summed E-state index contributed by atoms with van der Waals surface area (Å²) in [5, 5.41) is 0. The number of esters is 1.